The maximum absolute atomic E-state index is 5.13. The molecule has 1 N–H and O–H groups in total. The van der Waals surface area contributed by atoms with E-state index in [0.717, 1.165) is 31.4 Å². The van der Waals surface area contributed by atoms with E-state index in [1.54, 1.807) is 7.11 Å². The number of nitrogens with zero attached hydrogens (tertiary/aromatic N) is 1. The minimum atomic E-state index is 0.859. The third-order valence-corrected chi connectivity index (χ3v) is 3.30. The predicted molar refractivity (Wildman–Crippen MR) is 70.4 cm³/mol. The molecule has 0 amide bonds. The first-order valence-electron chi connectivity index (χ1n) is 6.33. The fraction of sp³-hybridized carbons (Fsp3) is 0.571. The largest absolute Gasteiger partial charge is 0.497 e. The number of rotatable bonds is 7. The maximum Gasteiger partial charge on any atom is 0.118 e. The zero-order valence-electron chi connectivity index (χ0n) is 10.8. The molecule has 1 saturated carbocycles. The molecule has 1 aliphatic rings. The molecular formula is C14H22N2O. The predicted octanol–water partition coefficient (Wildman–Crippen LogP) is 1.88. The second-order valence-electron chi connectivity index (χ2n) is 4.74. The molecule has 0 aromatic heterocycles. The van der Waals surface area contributed by atoms with Crippen LogP contribution in [-0.2, 0) is 6.54 Å². The van der Waals surface area contributed by atoms with Crippen LogP contribution in [0.15, 0.2) is 24.3 Å². The van der Waals surface area contributed by atoms with Crippen molar-refractivity contribution < 1.29 is 4.74 Å². The van der Waals surface area contributed by atoms with Gasteiger partial charge in [0.25, 0.3) is 0 Å². The minimum absolute atomic E-state index is 0.859. The summed E-state index contributed by atoms with van der Waals surface area (Å²) in [4.78, 5) is 2.45. The molecule has 0 aliphatic heterocycles. The lowest BCUT2D eigenvalue weighted by molar-refractivity contribution is 0.321. The van der Waals surface area contributed by atoms with Gasteiger partial charge < -0.3 is 15.0 Å². The lowest BCUT2D eigenvalue weighted by Gasteiger charge is -2.15. The lowest BCUT2D eigenvalue weighted by Crippen LogP contribution is -2.30. The zero-order chi connectivity index (χ0) is 12.1. The SMILES string of the molecule is COc1ccc(CNCCN(C)C2CC2)cc1. The molecule has 0 spiro atoms. The molecule has 3 heteroatoms. The van der Waals surface area contributed by atoms with Gasteiger partial charge in [-0.05, 0) is 37.6 Å². The van der Waals surface area contributed by atoms with Gasteiger partial charge in [-0.1, -0.05) is 12.1 Å². The molecule has 1 fully saturated rings. The van der Waals surface area contributed by atoms with E-state index in [4.69, 9.17) is 4.74 Å². The highest BCUT2D eigenvalue weighted by molar-refractivity contribution is 5.26. The van der Waals surface area contributed by atoms with Gasteiger partial charge in [0.05, 0.1) is 7.11 Å². The van der Waals surface area contributed by atoms with Crippen molar-refractivity contribution in [1.82, 2.24) is 10.2 Å². The minimum Gasteiger partial charge on any atom is -0.497 e. The second-order valence-corrected chi connectivity index (χ2v) is 4.74. The number of ether oxygens (including phenoxy) is 1. The van der Waals surface area contributed by atoms with Crippen LogP contribution in [0.1, 0.15) is 18.4 Å². The number of nitrogens with one attached hydrogen (secondary N) is 1. The zero-order valence-corrected chi connectivity index (χ0v) is 10.8. The molecule has 1 aromatic carbocycles. The molecule has 0 unspecified atom stereocenters. The molecule has 0 radical (unpaired) electrons. The van der Waals surface area contributed by atoms with Crippen LogP contribution in [0.2, 0.25) is 0 Å². The quantitative estimate of drug-likeness (QED) is 0.729. The topological polar surface area (TPSA) is 24.5 Å². The van der Waals surface area contributed by atoms with Crippen LogP contribution in [0.3, 0.4) is 0 Å². The molecule has 1 aliphatic carbocycles. The highest BCUT2D eigenvalue weighted by atomic mass is 16.5. The summed E-state index contributed by atoms with van der Waals surface area (Å²) in [5, 5.41) is 3.47. The summed E-state index contributed by atoms with van der Waals surface area (Å²) in [6, 6.07) is 9.09. The van der Waals surface area contributed by atoms with Gasteiger partial charge in [-0.25, -0.2) is 0 Å². The smallest absolute Gasteiger partial charge is 0.118 e. The maximum atomic E-state index is 5.13. The first kappa shape index (κ1) is 12.4. The van der Waals surface area contributed by atoms with Crippen LogP contribution in [0.25, 0.3) is 0 Å². The summed E-state index contributed by atoms with van der Waals surface area (Å²) >= 11 is 0. The van der Waals surface area contributed by atoms with E-state index in [0.29, 0.717) is 0 Å². The average Bonchev–Trinajstić information content (AvgIpc) is 3.19. The van der Waals surface area contributed by atoms with Crippen molar-refractivity contribution in [1.29, 1.82) is 0 Å². The van der Waals surface area contributed by atoms with Crippen molar-refractivity contribution in [3.63, 3.8) is 0 Å². The molecule has 0 atom stereocenters. The summed E-state index contributed by atoms with van der Waals surface area (Å²) < 4.78 is 5.13. The highest BCUT2D eigenvalue weighted by Crippen LogP contribution is 2.24. The van der Waals surface area contributed by atoms with Gasteiger partial charge in [0.15, 0.2) is 0 Å². The van der Waals surface area contributed by atoms with E-state index >= 15 is 0 Å². The molecule has 17 heavy (non-hydrogen) atoms. The van der Waals surface area contributed by atoms with E-state index < -0.39 is 0 Å². The number of benzene rings is 1. The summed E-state index contributed by atoms with van der Waals surface area (Å²) in [5.41, 5.74) is 1.31. The third kappa shape index (κ3) is 4.02. The Labute approximate surface area is 104 Å². The normalized spacial score (nSPS) is 15.2. The van der Waals surface area contributed by atoms with Crippen LogP contribution in [0.4, 0.5) is 0 Å². The monoisotopic (exact) mass is 234 g/mol. The second kappa shape index (κ2) is 6.03. The average molecular weight is 234 g/mol. The Morgan fingerprint density at radius 3 is 2.59 bits per heavy atom. The molecule has 3 nitrogen and oxygen atoms in total. The molecule has 0 saturated heterocycles. The van der Waals surface area contributed by atoms with Crippen molar-refractivity contribution in [2.45, 2.75) is 25.4 Å². The van der Waals surface area contributed by atoms with Gasteiger partial charge in [0.2, 0.25) is 0 Å². The Kier molecular flexibility index (Phi) is 4.40. The van der Waals surface area contributed by atoms with E-state index in [2.05, 4.69) is 29.4 Å². The Hall–Kier alpha value is -1.06. The van der Waals surface area contributed by atoms with Crippen molar-refractivity contribution >= 4 is 0 Å². The molecule has 1 aromatic rings. The van der Waals surface area contributed by atoms with Gasteiger partial charge in [0.1, 0.15) is 5.75 Å². The van der Waals surface area contributed by atoms with Crippen LogP contribution in [0.5, 0.6) is 5.75 Å². The van der Waals surface area contributed by atoms with E-state index in [1.807, 2.05) is 12.1 Å². The van der Waals surface area contributed by atoms with Gasteiger partial charge in [-0.15, -0.1) is 0 Å². The molecule has 0 heterocycles. The number of hydrogen-bond donors (Lipinski definition) is 1. The standard InChI is InChI=1S/C14H22N2O/c1-16(13-5-6-13)10-9-15-11-12-3-7-14(17-2)8-4-12/h3-4,7-8,13,15H,5-6,9-11H2,1-2H3. The van der Waals surface area contributed by atoms with Crippen LogP contribution in [0, 0.1) is 0 Å². The summed E-state index contributed by atoms with van der Waals surface area (Å²) in [6.07, 6.45) is 2.77. The van der Waals surface area contributed by atoms with Crippen molar-refractivity contribution in [3.05, 3.63) is 29.8 Å². The van der Waals surface area contributed by atoms with Gasteiger partial charge >= 0.3 is 0 Å². The fourth-order valence-electron chi connectivity index (χ4n) is 1.93. The van der Waals surface area contributed by atoms with Gasteiger partial charge in [-0.2, -0.15) is 0 Å². The van der Waals surface area contributed by atoms with E-state index in [1.165, 1.54) is 18.4 Å². The molecular weight excluding hydrogens is 212 g/mol. The van der Waals surface area contributed by atoms with Crippen molar-refractivity contribution in [2.24, 2.45) is 0 Å². The fourth-order valence-corrected chi connectivity index (χ4v) is 1.93. The number of likely N-dealkylation sites (N-methyl/N-ethyl adjacent to an activating group) is 1. The van der Waals surface area contributed by atoms with Crippen LogP contribution in [-0.4, -0.2) is 38.2 Å². The van der Waals surface area contributed by atoms with Crippen molar-refractivity contribution in [2.75, 3.05) is 27.2 Å². The van der Waals surface area contributed by atoms with Gasteiger partial charge in [-0.3, -0.25) is 0 Å². The Morgan fingerprint density at radius 2 is 2.00 bits per heavy atom. The van der Waals surface area contributed by atoms with Gasteiger partial charge in [0, 0.05) is 25.7 Å². The van der Waals surface area contributed by atoms with E-state index in [9.17, 15) is 0 Å². The number of hydrogen-bond acceptors (Lipinski definition) is 3. The first-order valence-corrected chi connectivity index (χ1v) is 6.33. The molecule has 2 rings (SSSR count). The highest BCUT2D eigenvalue weighted by Gasteiger charge is 2.25. The van der Waals surface area contributed by atoms with E-state index in [-0.39, 0.29) is 0 Å². The number of methoxy groups -OCH3 is 1. The van der Waals surface area contributed by atoms with Crippen molar-refractivity contribution in [3.8, 4) is 5.75 Å². The molecule has 0 bridgehead atoms. The lowest BCUT2D eigenvalue weighted by atomic mass is 10.2. The summed E-state index contributed by atoms with van der Waals surface area (Å²) in [5.74, 6) is 0.919. The Balaban J connectivity index is 1.63. The third-order valence-electron chi connectivity index (χ3n) is 3.30. The summed E-state index contributed by atoms with van der Waals surface area (Å²) in [7, 11) is 3.91. The Morgan fingerprint density at radius 1 is 1.29 bits per heavy atom. The first-order chi connectivity index (χ1) is 8.29. The molecule has 94 valence electrons. The summed E-state index contributed by atoms with van der Waals surface area (Å²) in [6.45, 7) is 3.13. The van der Waals surface area contributed by atoms with Crippen LogP contribution < -0.4 is 10.1 Å². The Bertz CT molecular complexity index is 333. The van der Waals surface area contributed by atoms with Crippen LogP contribution >= 0.6 is 0 Å².